The second-order valence-corrected chi connectivity index (χ2v) is 4.98. The van der Waals surface area contributed by atoms with Crippen molar-refractivity contribution in [1.29, 1.82) is 0 Å². The van der Waals surface area contributed by atoms with Crippen LogP contribution in [0.5, 0.6) is 0 Å². The molecule has 2 bridgehead atoms. The molecule has 0 saturated heterocycles. The summed E-state index contributed by atoms with van der Waals surface area (Å²) in [4.78, 5) is 10.8. The number of carbonyl (C=O) groups excluding carboxylic acids is 1. The number of nitrogens with two attached hydrogens (primary N) is 1. The summed E-state index contributed by atoms with van der Waals surface area (Å²) >= 11 is 0. The van der Waals surface area contributed by atoms with Crippen LogP contribution in [0.25, 0.3) is 0 Å². The van der Waals surface area contributed by atoms with Crippen LogP contribution in [0.3, 0.4) is 0 Å². The molecule has 3 saturated carbocycles. The van der Waals surface area contributed by atoms with Gasteiger partial charge in [-0.15, -0.1) is 0 Å². The van der Waals surface area contributed by atoms with Crippen LogP contribution in [0, 0.1) is 17.8 Å². The Morgan fingerprint density at radius 2 is 2.00 bits per heavy atom. The molecule has 2 unspecified atom stereocenters. The zero-order valence-corrected chi connectivity index (χ0v) is 8.83. The van der Waals surface area contributed by atoms with Crippen molar-refractivity contribution >= 4 is 6.03 Å². The minimum atomic E-state index is -0.376. The van der Waals surface area contributed by atoms with Crippen LogP contribution in [-0.2, 0) is 0 Å². The highest BCUT2D eigenvalue weighted by Crippen LogP contribution is 2.46. The van der Waals surface area contributed by atoms with Gasteiger partial charge < -0.3 is 11.1 Å². The molecule has 0 aliphatic heterocycles. The number of rotatable bonds is 2. The molecule has 2 atom stereocenters. The molecule has 0 heterocycles. The maximum Gasteiger partial charge on any atom is 0.312 e. The van der Waals surface area contributed by atoms with E-state index in [4.69, 9.17) is 5.73 Å². The molecule has 14 heavy (non-hydrogen) atoms. The van der Waals surface area contributed by atoms with Crippen LogP contribution in [0.1, 0.15) is 39.0 Å². The second kappa shape index (κ2) is 3.79. The summed E-state index contributed by atoms with van der Waals surface area (Å²) in [5, 5.41) is 2.84. The first-order chi connectivity index (χ1) is 6.66. The average Bonchev–Trinajstić information content (AvgIpc) is 2.18. The van der Waals surface area contributed by atoms with Crippen LogP contribution in [0.15, 0.2) is 0 Å². The van der Waals surface area contributed by atoms with Crippen LogP contribution in [0.2, 0.25) is 0 Å². The lowest BCUT2D eigenvalue weighted by Crippen LogP contribution is -2.47. The zero-order chi connectivity index (χ0) is 10.1. The highest BCUT2D eigenvalue weighted by molar-refractivity contribution is 5.71. The first-order valence-electron chi connectivity index (χ1n) is 5.72. The van der Waals surface area contributed by atoms with Gasteiger partial charge >= 0.3 is 6.03 Å². The molecule has 3 heteroatoms. The Morgan fingerprint density at radius 3 is 2.43 bits per heavy atom. The van der Waals surface area contributed by atoms with E-state index < -0.39 is 0 Å². The van der Waals surface area contributed by atoms with Crippen LogP contribution in [0.4, 0.5) is 4.79 Å². The first-order valence-corrected chi connectivity index (χ1v) is 5.72. The standard InChI is InChI=1S/C11H20N2O/c1-7(13-11(12)14)10-6-8-2-4-9(10)5-3-8/h7-10H,2-6H2,1H3,(H3,12,13,14). The lowest BCUT2D eigenvalue weighted by Gasteiger charge is -2.45. The fraction of sp³-hybridized carbons (Fsp3) is 0.909. The SMILES string of the molecule is CC(NC(N)=O)C1CC2CCC1CC2. The third-order valence-corrected chi connectivity index (χ3v) is 4.11. The van der Waals surface area contributed by atoms with E-state index in [1.807, 2.05) is 0 Å². The van der Waals surface area contributed by atoms with Crippen molar-refractivity contribution in [2.45, 2.75) is 45.1 Å². The van der Waals surface area contributed by atoms with Gasteiger partial charge in [0.1, 0.15) is 0 Å². The molecule has 80 valence electrons. The van der Waals surface area contributed by atoms with Crippen LogP contribution >= 0.6 is 0 Å². The number of urea groups is 1. The van der Waals surface area contributed by atoms with Crippen molar-refractivity contribution in [3.05, 3.63) is 0 Å². The number of carbonyl (C=O) groups is 1. The van der Waals surface area contributed by atoms with Crippen molar-refractivity contribution in [1.82, 2.24) is 5.32 Å². The highest BCUT2D eigenvalue weighted by Gasteiger charge is 2.38. The highest BCUT2D eigenvalue weighted by atomic mass is 16.2. The van der Waals surface area contributed by atoms with Gasteiger partial charge in [0.15, 0.2) is 0 Å². The lowest BCUT2D eigenvalue weighted by atomic mass is 9.63. The normalized spacial score (nSPS) is 37.9. The van der Waals surface area contributed by atoms with Crippen molar-refractivity contribution in [3.63, 3.8) is 0 Å². The van der Waals surface area contributed by atoms with Gasteiger partial charge in [-0.25, -0.2) is 4.79 Å². The summed E-state index contributed by atoms with van der Waals surface area (Å²) in [5.74, 6) is 2.43. The lowest BCUT2D eigenvalue weighted by molar-refractivity contribution is 0.0780. The molecule has 3 nitrogen and oxygen atoms in total. The van der Waals surface area contributed by atoms with E-state index in [9.17, 15) is 4.79 Å². The van der Waals surface area contributed by atoms with Gasteiger partial charge in [-0.3, -0.25) is 0 Å². The molecule has 0 aromatic heterocycles. The van der Waals surface area contributed by atoms with Gasteiger partial charge in [0.25, 0.3) is 0 Å². The minimum absolute atomic E-state index is 0.264. The minimum Gasteiger partial charge on any atom is -0.352 e. The van der Waals surface area contributed by atoms with Crippen molar-refractivity contribution in [2.24, 2.45) is 23.5 Å². The van der Waals surface area contributed by atoms with Gasteiger partial charge in [0, 0.05) is 6.04 Å². The summed E-state index contributed by atoms with van der Waals surface area (Å²) < 4.78 is 0. The van der Waals surface area contributed by atoms with E-state index in [0.29, 0.717) is 5.92 Å². The molecule has 3 aliphatic rings. The summed E-state index contributed by atoms with van der Waals surface area (Å²) in [6.07, 6.45) is 6.83. The molecule has 0 radical (unpaired) electrons. The molecule has 3 aliphatic carbocycles. The molecular formula is C11H20N2O. The topological polar surface area (TPSA) is 55.1 Å². The van der Waals surface area contributed by atoms with E-state index in [2.05, 4.69) is 12.2 Å². The monoisotopic (exact) mass is 196 g/mol. The van der Waals surface area contributed by atoms with E-state index >= 15 is 0 Å². The molecule has 2 amide bonds. The molecule has 3 rings (SSSR count). The molecule has 3 N–H and O–H groups in total. The van der Waals surface area contributed by atoms with Gasteiger partial charge in [0.2, 0.25) is 0 Å². The average molecular weight is 196 g/mol. The Balaban J connectivity index is 1.94. The number of fused-ring (bicyclic) bond motifs is 3. The smallest absolute Gasteiger partial charge is 0.312 e. The Morgan fingerprint density at radius 1 is 1.36 bits per heavy atom. The Bertz CT molecular complexity index is 221. The molecular weight excluding hydrogens is 176 g/mol. The zero-order valence-electron chi connectivity index (χ0n) is 8.83. The molecule has 0 aromatic carbocycles. The Hall–Kier alpha value is -0.730. The summed E-state index contributed by atoms with van der Waals surface area (Å²) in [6.45, 7) is 2.09. The third kappa shape index (κ3) is 1.86. The number of hydrogen-bond acceptors (Lipinski definition) is 1. The fourth-order valence-corrected chi connectivity index (χ4v) is 3.37. The van der Waals surface area contributed by atoms with Crippen molar-refractivity contribution < 1.29 is 4.79 Å². The van der Waals surface area contributed by atoms with Crippen LogP contribution < -0.4 is 11.1 Å². The quantitative estimate of drug-likeness (QED) is 0.696. The summed E-state index contributed by atoms with van der Waals surface area (Å²) in [7, 11) is 0. The maximum absolute atomic E-state index is 10.8. The van der Waals surface area contributed by atoms with Crippen molar-refractivity contribution in [3.8, 4) is 0 Å². The second-order valence-electron chi connectivity index (χ2n) is 4.98. The van der Waals surface area contributed by atoms with E-state index in [-0.39, 0.29) is 12.1 Å². The predicted octanol–water partition coefficient (Wildman–Crippen LogP) is 1.87. The number of nitrogens with one attached hydrogen (secondary N) is 1. The predicted molar refractivity (Wildman–Crippen MR) is 55.7 cm³/mol. The number of amides is 2. The Labute approximate surface area is 85.4 Å². The molecule has 0 aromatic rings. The fourth-order valence-electron chi connectivity index (χ4n) is 3.37. The number of primary amides is 1. The maximum atomic E-state index is 10.8. The first kappa shape index (κ1) is 9.81. The van der Waals surface area contributed by atoms with Gasteiger partial charge in [0.05, 0.1) is 0 Å². The number of hydrogen-bond donors (Lipinski definition) is 2. The molecule has 3 fully saturated rings. The van der Waals surface area contributed by atoms with Gasteiger partial charge in [-0.05, 0) is 43.9 Å². The summed E-state index contributed by atoms with van der Waals surface area (Å²) in [5.41, 5.74) is 5.15. The van der Waals surface area contributed by atoms with Gasteiger partial charge in [-0.1, -0.05) is 12.8 Å². The Kier molecular flexibility index (Phi) is 2.66. The summed E-state index contributed by atoms with van der Waals surface area (Å²) in [6, 6.07) is -0.112. The van der Waals surface area contributed by atoms with E-state index in [1.54, 1.807) is 0 Å². The van der Waals surface area contributed by atoms with Gasteiger partial charge in [-0.2, -0.15) is 0 Å². The van der Waals surface area contributed by atoms with E-state index in [1.165, 1.54) is 32.1 Å². The largest absolute Gasteiger partial charge is 0.352 e. The van der Waals surface area contributed by atoms with Crippen LogP contribution in [-0.4, -0.2) is 12.1 Å². The van der Waals surface area contributed by atoms with E-state index in [0.717, 1.165) is 11.8 Å². The van der Waals surface area contributed by atoms with Crippen molar-refractivity contribution in [2.75, 3.05) is 0 Å². The molecule has 0 spiro atoms. The third-order valence-electron chi connectivity index (χ3n) is 4.11.